The van der Waals surface area contributed by atoms with Crippen molar-refractivity contribution in [2.24, 2.45) is 10.9 Å². The molecule has 1 amide bonds. The molecule has 0 aromatic rings. The second-order valence-corrected chi connectivity index (χ2v) is 6.96. The van der Waals surface area contributed by atoms with Crippen LogP contribution in [0.5, 0.6) is 0 Å². The number of carbonyl (C=O) groups is 2. The Labute approximate surface area is 124 Å². The van der Waals surface area contributed by atoms with E-state index in [1.807, 2.05) is 20.8 Å². The van der Waals surface area contributed by atoms with Gasteiger partial charge in [0.2, 0.25) is 6.08 Å². The number of ether oxygens (including phenoxy) is 1. The molecule has 2 aliphatic rings. The molecule has 1 aliphatic carbocycles. The van der Waals surface area contributed by atoms with E-state index < -0.39 is 11.1 Å². The van der Waals surface area contributed by atoms with Crippen molar-refractivity contribution >= 4 is 18.0 Å². The average Bonchev–Trinajstić information content (AvgIpc) is 2.35. The van der Waals surface area contributed by atoms with Gasteiger partial charge in [-0.1, -0.05) is 0 Å². The highest BCUT2D eigenvalue weighted by Gasteiger charge is 2.51. The monoisotopic (exact) mass is 294 g/mol. The first kappa shape index (κ1) is 15.7. The van der Waals surface area contributed by atoms with Gasteiger partial charge < -0.3 is 9.64 Å². The number of likely N-dealkylation sites (tertiary alicyclic amines) is 1. The van der Waals surface area contributed by atoms with Crippen LogP contribution in [0.2, 0.25) is 0 Å². The van der Waals surface area contributed by atoms with E-state index in [-0.39, 0.29) is 30.6 Å². The van der Waals surface area contributed by atoms with E-state index in [2.05, 4.69) is 4.99 Å². The summed E-state index contributed by atoms with van der Waals surface area (Å²) in [6.45, 7) is 6.60. The van der Waals surface area contributed by atoms with Crippen molar-refractivity contribution in [2.75, 3.05) is 13.1 Å². The Bertz CT molecular complexity index is 480. The number of aliphatic imine (C=N–C) groups is 1. The molecule has 116 valence electrons. The number of piperidine rings is 1. The van der Waals surface area contributed by atoms with Crippen LogP contribution in [-0.4, -0.2) is 47.1 Å². The quantitative estimate of drug-likeness (QED) is 0.577. The molecular weight excluding hydrogens is 272 g/mol. The zero-order chi connectivity index (χ0) is 15.7. The first-order valence-corrected chi connectivity index (χ1v) is 7.34. The van der Waals surface area contributed by atoms with Crippen LogP contribution in [0.1, 0.15) is 46.5 Å². The topological polar surface area (TPSA) is 76.0 Å². The number of ketones is 1. The Morgan fingerprint density at radius 1 is 1.43 bits per heavy atom. The van der Waals surface area contributed by atoms with Crippen molar-refractivity contribution in [3.05, 3.63) is 0 Å². The molecule has 0 aromatic heterocycles. The van der Waals surface area contributed by atoms with Crippen molar-refractivity contribution in [1.82, 2.24) is 4.90 Å². The lowest BCUT2D eigenvalue weighted by Crippen LogP contribution is -2.55. The van der Waals surface area contributed by atoms with Gasteiger partial charge >= 0.3 is 6.09 Å². The molecule has 1 saturated heterocycles. The van der Waals surface area contributed by atoms with Crippen LogP contribution in [0, 0.1) is 5.92 Å². The average molecular weight is 294 g/mol. The van der Waals surface area contributed by atoms with Crippen LogP contribution < -0.4 is 0 Å². The highest BCUT2D eigenvalue weighted by molar-refractivity contribution is 5.88. The first-order chi connectivity index (χ1) is 9.76. The minimum atomic E-state index is -0.639. The van der Waals surface area contributed by atoms with E-state index in [0.29, 0.717) is 13.1 Å². The minimum absolute atomic E-state index is 0.0259. The molecule has 1 unspecified atom stereocenters. The zero-order valence-electron chi connectivity index (χ0n) is 12.8. The van der Waals surface area contributed by atoms with Gasteiger partial charge in [0.15, 0.2) is 0 Å². The number of hydrogen-bond acceptors (Lipinski definition) is 5. The molecule has 6 nitrogen and oxygen atoms in total. The molecular formula is C15H22N2O4. The summed E-state index contributed by atoms with van der Waals surface area (Å²) in [5.41, 5.74) is -1.17. The maximum Gasteiger partial charge on any atom is 0.410 e. The summed E-state index contributed by atoms with van der Waals surface area (Å²) in [6, 6.07) is 0. The third-order valence-electron chi connectivity index (χ3n) is 4.11. The van der Waals surface area contributed by atoms with Gasteiger partial charge in [0.05, 0.1) is 5.54 Å². The highest BCUT2D eigenvalue weighted by atomic mass is 16.6. The smallest absolute Gasteiger partial charge is 0.410 e. The van der Waals surface area contributed by atoms with Crippen LogP contribution >= 0.6 is 0 Å². The summed E-state index contributed by atoms with van der Waals surface area (Å²) in [6.07, 6.45) is 3.51. The maximum absolute atomic E-state index is 12.1. The molecule has 1 saturated carbocycles. The summed E-state index contributed by atoms with van der Waals surface area (Å²) in [5.74, 6) is 0.140. The molecule has 1 atom stereocenters. The summed E-state index contributed by atoms with van der Waals surface area (Å²) in [5, 5.41) is 0. The number of isocyanates is 1. The summed E-state index contributed by atoms with van der Waals surface area (Å²) in [7, 11) is 0. The van der Waals surface area contributed by atoms with Gasteiger partial charge in [0, 0.05) is 31.8 Å². The molecule has 6 heteroatoms. The Balaban J connectivity index is 2.05. The SMILES string of the molecule is CC(C)(C)OC(=O)N1CCCC(C2(N=C=O)CC(=O)C2)C1. The fourth-order valence-electron chi connectivity index (χ4n) is 3.09. The largest absolute Gasteiger partial charge is 0.444 e. The summed E-state index contributed by atoms with van der Waals surface area (Å²) < 4.78 is 5.38. The molecule has 2 rings (SSSR count). The summed E-state index contributed by atoms with van der Waals surface area (Å²) in [4.78, 5) is 39.7. The van der Waals surface area contributed by atoms with Crippen LogP contribution in [0.15, 0.2) is 4.99 Å². The van der Waals surface area contributed by atoms with E-state index >= 15 is 0 Å². The molecule has 0 radical (unpaired) electrons. The van der Waals surface area contributed by atoms with Gasteiger partial charge in [0.1, 0.15) is 11.4 Å². The van der Waals surface area contributed by atoms with E-state index in [4.69, 9.17) is 4.74 Å². The number of Topliss-reactive ketones (excluding diaryl/α,β-unsaturated/α-hetero) is 1. The molecule has 0 N–H and O–H groups in total. The first-order valence-electron chi connectivity index (χ1n) is 7.34. The minimum Gasteiger partial charge on any atom is -0.444 e. The third-order valence-corrected chi connectivity index (χ3v) is 4.11. The molecule has 2 fully saturated rings. The Morgan fingerprint density at radius 2 is 2.10 bits per heavy atom. The lowest BCUT2D eigenvalue weighted by molar-refractivity contribution is -0.130. The van der Waals surface area contributed by atoms with E-state index in [1.54, 1.807) is 11.0 Å². The molecule has 1 heterocycles. The Hall–Kier alpha value is -1.68. The number of hydrogen-bond donors (Lipinski definition) is 0. The van der Waals surface area contributed by atoms with Gasteiger partial charge in [-0.2, -0.15) is 4.99 Å². The van der Waals surface area contributed by atoms with E-state index in [1.165, 1.54) is 0 Å². The van der Waals surface area contributed by atoms with Crippen molar-refractivity contribution in [3.63, 3.8) is 0 Å². The molecule has 1 aliphatic heterocycles. The van der Waals surface area contributed by atoms with Gasteiger partial charge in [-0.15, -0.1) is 0 Å². The molecule has 21 heavy (non-hydrogen) atoms. The van der Waals surface area contributed by atoms with Crippen LogP contribution in [0.4, 0.5) is 4.79 Å². The highest BCUT2D eigenvalue weighted by Crippen LogP contribution is 2.43. The fraction of sp³-hybridized carbons (Fsp3) is 0.800. The lowest BCUT2D eigenvalue weighted by atomic mass is 9.65. The lowest BCUT2D eigenvalue weighted by Gasteiger charge is -2.46. The van der Waals surface area contributed by atoms with Crippen molar-refractivity contribution in [1.29, 1.82) is 0 Å². The number of carbonyl (C=O) groups excluding carboxylic acids is 3. The molecule has 0 spiro atoms. The Kier molecular flexibility index (Phi) is 4.19. The van der Waals surface area contributed by atoms with Crippen molar-refractivity contribution in [2.45, 2.75) is 57.6 Å². The molecule has 0 bridgehead atoms. The standard InChI is InChI=1S/C15H22N2O4/c1-14(2,3)21-13(20)17-6-4-5-11(9-17)15(16-10-18)7-12(19)8-15/h11H,4-9H2,1-3H3. The zero-order valence-corrected chi connectivity index (χ0v) is 12.8. The van der Waals surface area contributed by atoms with Crippen molar-refractivity contribution in [3.8, 4) is 0 Å². The Morgan fingerprint density at radius 3 is 2.62 bits per heavy atom. The van der Waals surface area contributed by atoms with E-state index in [0.717, 1.165) is 12.8 Å². The van der Waals surface area contributed by atoms with Crippen LogP contribution in [-0.2, 0) is 14.3 Å². The van der Waals surface area contributed by atoms with Gasteiger partial charge in [0.25, 0.3) is 0 Å². The number of nitrogens with zero attached hydrogens (tertiary/aromatic N) is 2. The third kappa shape index (κ3) is 3.50. The number of amides is 1. The van der Waals surface area contributed by atoms with Gasteiger partial charge in [-0.3, -0.25) is 4.79 Å². The normalized spacial score (nSPS) is 24.8. The predicted molar refractivity (Wildman–Crippen MR) is 75.6 cm³/mol. The van der Waals surface area contributed by atoms with Crippen LogP contribution in [0.25, 0.3) is 0 Å². The summed E-state index contributed by atoms with van der Waals surface area (Å²) >= 11 is 0. The second kappa shape index (κ2) is 5.60. The molecule has 0 aromatic carbocycles. The van der Waals surface area contributed by atoms with Crippen molar-refractivity contribution < 1.29 is 19.1 Å². The van der Waals surface area contributed by atoms with Crippen LogP contribution in [0.3, 0.4) is 0 Å². The number of rotatable bonds is 2. The van der Waals surface area contributed by atoms with E-state index in [9.17, 15) is 14.4 Å². The fourth-order valence-corrected chi connectivity index (χ4v) is 3.09. The second-order valence-electron chi connectivity index (χ2n) is 6.96. The van der Waals surface area contributed by atoms with Gasteiger partial charge in [-0.25, -0.2) is 9.59 Å². The predicted octanol–water partition coefficient (Wildman–Crippen LogP) is 2.07. The van der Waals surface area contributed by atoms with Gasteiger partial charge in [-0.05, 0) is 33.6 Å². The maximum atomic E-state index is 12.1.